The van der Waals surface area contributed by atoms with Crippen molar-refractivity contribution in [1.82, 2.24) is 20.6 Å². The van der Waals surface area contributed by atoms with Gasteiger partial charge in [-0.05, 0) is 53.8 Å². The largest absolute Gasteiger partial charge is 0.494 e. The fraction of sp³-hybridized carbons (Fsp3) is 0.250. The van der Waals surface area contributed by atoms with Crippen molar-refractivity contribution in [3.05, 3.63) is 65.7 Å². The predicted octanol–water partition coefficient (Wildman–Crippen LogP) is 5.01. The Morgan fingerprint density at radius 1 is 1.00 bits per heavy atom. The number of rotatable bonds is 10. The zero-order valence-corrected chi connectivity index (χ0v) is 18.3. The molecule has 32 heavy (non-hydrogen) atoms. The third-order valence-electron chi connectivity index (χ3n) is 5.33. The van der Waals surface area contributed by atoms with Crippen LogP contribution in [0.15, 0.2) is 54.6 Å². The number of nitrogens with two attached hydrogens (primary N) is 1. The number of hydrogen-bond acceptors (Lipinski definition) is 6. The van der Waals surface area contributed by atoms with Crippen LogP contribution >= 0.6 is 11.6 Å². The van der Waals surface area contributed by atoms with E-state index in [4.69, 9.17) is 22.1 Å². The predicted molar refractivity (Wildman–Crippen MR) is 126 cm³/mol. The van der Waals surface area contributed by atoms with Crippen molar-refractivity contribution in [2.75, 3.05) is 18.2 Å². The fourth-order valence-corrected chi connectivity index (χ4v) is 3.85. The van der Waals surface area contributed by atoms with Crippen LogP contribution in [0.25, 0.3) is 22.2 Å². The summed E-state index contributed by atoms with van der Waals surface area (Å²) in [6, 6.07) is 16.5. The highest BCUT2D eigenvalue weighted by Crippen LogP contribution is 2.33. The van der Waals surface area contributed by atoms with Gasteiger partial charge in [0.2, 0.25) is 5.82 Å². The van der Waals surface area contributed by atoms with Crippen LogP contribution in [0.1, 0.15) is 41.6 Å². The highest BCUT2D eigenvalue weighted by Gasteiger charge is 2.18. The summed E-state index contributed by atoms with van der Waals surface area (Å²) in [5.41, 5.74) is 8.61. The molecule has 0 saturated heterocycles. The van der Waals surface area contributed by atoms with E-state index in [0.29, 0.717) is 46.1 Å². The van der Waals surface area contributed by atoms with Gasteiger partial charge in [-0.1, -0.05) is 37.1 Å². The van der Waals surface area contributed by atoms with E-state index in [9.17, 15) is 4.79 Å². The van der Waals surface area contributed by atoms with Crippen LogP contribution in [0, 0.1) is 0 Å². The summed E-state index contributed by atoms with van der Waals surface area (Å²) in [6.45, 7) is 0.647. The number of nitrogens with zero attached hydrogens (tertiary/aromatic N) is 3. The van der Waals surface area contributed by atoms with Gasteiger partial charge in [-0.25, -0.2) is 0 Å². The van der Waals surface area contributed by atoms with Crippen molar-refractivity contribution in [3.63, 3.8) is 0 Å². The van der Waals surface area contributed by atoms with Crippen molar-refractivity contribution < 1.29 is 9.53 Å². The lowest BCUT2D eigenvalue weighted by Gasteiger charge is -2.12. The molecule has 0 spiro atoms. The van der Waals surface area contributed by atoms with E-state index in [-0.39, 0.29) is 5.78 Å². The van der Waals surface area contributed by atoms with Gasteiger partial charge in [-0.15, -0.1) is 21.8 Å². The molecule has 0 unspecified atom stereocenters. The second-order valence-electron chi connectivity index (χ2n) is 7.47. The highest BCUT2D eigenvalue weighted by molar-refractivity contribution is 6.20. The van der Waals surface area contributed by atoms with E-state index in [1.165, 1.54) is 0 Å². The SMILES string of the molecule is Nc1c(-c2nn[nH]n2)ccc2cccc(C(=O)c3ccc(OCCCCCCCl)cc3)c12. The maximum Gasteiger partial charge on any atom is 0.206 e. The minimum atomic E-state index is -0.111. The monoisotopic (exact) mass is 449 g/mol. The first kappa shape index (κ1) is 21.8. The number of H-pyrrole nitrogens is 1. The van der Waals surface area contributed by atoms with Gasteiger partial charge in [-0.2, -0.15) is 5.21 Å². The molecule has 164 valence electrons. The number of anilines is 1. The molecule has 0 fully saturated rings. The molecule has 7 nitrogen and oxygen atoms in total. The maximum atomic E-state index is 13.3. The summed E-state index contributed by atoms with van der Waals surface area (Å²) in [4.78, 5) is 13.3. The van der Waals surface area contributed by atoms with Gasteiger partial charge in [0.15, 0.2) is 5.78 Å². The zero-order chi connectivity index (χ0) is 22.3. The molecule has 0 bridgehead atoms. The lowest BCUT2D eigenvalue weighted by atomic mass is 9.94. The van der Waals surface area contributed by atoms with Crippen LogP contribution in [0.3, 0.4) is 0 Å². The van der Waals surface area contributed by atoms with E-state index in [1.807, 2.05) is 36.4 Å². The second-order valence-corrected chi connectivity index (χ2v) is 7.85. The number of carbonyl (C=O) groups excluding carboxylic acids is 1. The van der Waals surface area contributed by atoms with Gasteiger partial charge in [0.05, 0.1) is 12.3 Å². The number of nitrogens with one attached hydrogen (secondary N) is 1. The second kappa shape index (κ2) is 10.2. The molecule has 0 aliphatic rings. The molecule has 0 aliphatic carbocycles. The molecule has 3 N–H and O–H groups in total. The topological polar surface area (TPSA) is 107 Å². The standard InChI is InChI=1S/C24H24ClN5O2/c25-14-3-1-2-4-15-32-18-11-8-17(9-12-18)23(31)19-7-5-6-16-10-13-20(22(26)21(16)19)24-27-29-30-28-24/h5-13H,1-4,14-15,26H2,(H,27,28,29,30). The molecule has 0 amide bonds. The number of carbonyl (C=O) groups is 1. The summed E-state index contributed by atoms with van der Waals surface area (Å²) >= 11 is 5.69. The number of unbranched alkanes of at least 4 members (excludes halogenated alkanes) is 3. The van der Waals surface area contributed by atoms with Crippen LogP contribution in [-0.2, 0) is 0 Å². The summed E-state index contributed by atoms with van der Waals surface area (Å²) in [5, 5.41) is 15.6. The Labute approximate surface area is 190 Å². The van der Waals surface area contributed by atoms with Crippen molar-refractivity contribution in [3.8, 4) is 17.1 Å². The van der Waals surface area contributed by atoms with E-state index in [1.54, 1.807) is 18.2 Å². The van der Waals surface area contributed by atoms with Crippen molar-refractivity contribution in [2.24, 2.45) is 0 Å². The number of aromatic amines is 1. The molecule has 4 rings (SSSR count). The molecule has 1 heterocycles. The molecular weight excluding hydrogens is 426 g/mol. The van der Waals surface area contributed by atoms with Gasteiger partial charge in [-0.3, -0.25) is 4.79 Å². The number of tetrazole rings is 1. The molecule has 1 aromatic heterocycles. The quantitative estimate of drug-likeness (QED) is 0.152. The number of aromatic nitrogens is 4. The lowest BCUT2D eigenvalue weighted by molar-refractivity contribution is 0.104. The summed E-state index contributed by atoms with van der Waals surface area (Å²) < 4.78 is 5.79. The fourth-order valence-electron chi connectivity index (χ4n) is 3.67. The van der Waals surface area contributed by atoms with Crippen LogP contribution in [0.5, 0.6) is 5.75 Å². The lowest BCUT2D eigenvalue weighted by Crippen LogP contribution is -2.05. The molecule has 0 aliphatic heterocycles. The molecule has 3 aromatic carbocycles. The Morgan fingerprint density at radius 2 is 1.81 bits per heavy atom. The van der Waals surface area contributed by atoms with Crippen molar-refractivity contribution in [1.29, 1.82) is 0 Å². The Morgan fingerprint density at radius 3 is 2.56 bits per heavy atom. The first-order valence-corrected chi connectivity index (χ1v) is 11.1. The third kappa shape index (κ3) is 4.73. The summed E-state index contributed by atoms with van der Waals surface area (Å²) in [6.07, 6.45) is 4.23. The molecule has 0 saturated carbocycles. The average Bonchev–Trinajstić information content (AvgIpc) is 3.36. The molecule has 4 aromatic rings. The molecule has 0 radical (unpaired) electrons. The summed E-state index contributed by atoms with van der Waals surface area (Å²) in [5.74, 6) is 1.73. The van der Waals surface area contributed by atoms with Gasteiger partial charge in [0.25, 0.3) is 0 Å². The normalized spacial score (nSPS) is 11.0. The molecule has 0 atom stereocenters. The number of ketones is 1. The van der Waals surface area contributed by atoms with Crippen molar-refractivity contribution in [2.45, 2.75) is 25.7 Å². The van der Waals surface area contributed by atoms with Crippen LogP contribution in [0.4, 0.5) is 5.69 Å². The minimum absolute atomic E-state index is 0.111. The smallest absolute Gasteiger partial charge is 0.206 e. The number of hydrogen-bond donors (Lipinski definition) is 2. The van der Waals surface area contributed by atoms with Crippen LogP contribution in [-0.4, -0.2) is 38.9 Å². The average molecular weight is 450 g/mol. The van der Waals surface area contributed by atoms with E-state index < -0.39 is 0 Å². The Kier molecular flexibility index (Phi) is 6.97. The number of alkyl halides is 1. The van der Waals surface area contributed by atoms with E-state index in [2.05, 4.69) is 20.6 Å². The Bertz CT molecular complexity index is 1190. The summed E-state index contributed by atoms with van der Waals surface area (Å²) in [7, 11) is 0. The van der Waals surface area contributed by atoms with Crippen molar-refractivity contribution >= 4 is 33.8 Å². The van der Waals surface area contributed by atoms with Gasteiger partial charge >= 0.3 is 0 Å². The first-order valence-electron chi connectivity index (χ1n) is 10.6. The van der Waals surface area contributed by atoms with E-state index >= 15 is 0 Å². The first-order chi connectivity index (χ1) is 15.7. The number of halogens is 1. The number of benzene rings is 3. The number of ether oxygens (including phenoxy) is 1. The van der Waals surface area contributed by atoms with Crippen LogP contribution < -0.4 is 10.5 Å². The molecule has 8 heteroatoms. The molecular formula is C24H24ClN5O2. The zero-order valence-electron chi connectivity index (χ0n) is 17.6. The third-order valence-corrected chi connectivity index (χ3v) is 5.60. The minimum Gasteiger partial charge on any atom is -0.494 e. The Balaban J connectivity index is 1.54. The maximum absolute atomic E-state index is 13.3. The van der Waals surface area contributed by atoms with Gasteiger partial charge in [0, 0.05) is 28.0 Å². The van der Waals surface area contributed by atoms with E-state index in [0.717, 1.165) is 36.8 Å². The van der Waals surface area contributed by atoms with Crippen LogP contribution in [0.2, 0.25) is 0 Å². The highest BCUT2D eigenvalue weighted by atomic mass is 35.5. The number of nitrogen functional groups attached to an aromatic ring is 1. The van der Waals surface area contributed by atoms with Gasteiger partial charge < -0.3 is 10.5 Å². The number of fused-ring (bicyclic) bond motifs is 1. The van der Waals surface area contributed by atoms with Gasteiger partial charge in [0.1, 0.15) is 5.75 Å². The Hall–Kier alpha value is -3.45.